The van der Waals surface area contributed by atoms with Gasteiger partial charge in [-0.05, 0) is 37.0 Å². The molecule has 2 rings (SSSR count). The van der Waals surface area contributed by atoms with Crippen LogP contribution in [0.5, 0.6) is 0 Å². The van der Waals surface area contributed by atoms with Crippen LogP contribution in [0.25, 0.3) is 0 Å². The second-order valence-corrected chi connectivity index (χ2v) is 5.86. The molecule has 19 heavy (non-hydrogen) atoms. The van der Waals surface area contributed by atoms with E-state index < -0.39 is 5.60 Å². The van der Waals surface area contributed by atoms with Crippen LogP contribution in [0, 0.1) is 6.92 Å². The molecule has 1 fully saturated rings. The molecule has 1 saturated carbocycles. The van der Waals surface area contributed by atoms with E-state index in [1.54, 1.807) is 7.11 Å². The Morgan fingerprint density at radius 2 is 2.00 bits per heavy atom. The number of aryl methyl sites for hydroxylation is 1. The SMILES string of the molecule is COC1(C(=O)Cc2ccc(C)cc2Cl)CCCCC1. The highest BCUT2D eigenvalue weighted by Crippen LogP contribution is 2.33. The molecular weight excluding hydrogens is 260 g/mol. The molecule has 0 spiro atoms. The molecule has 0 radical (unpaired) electrons. The lowest BCUT2D eigenvalue weighted by atomic mass is 9.79. The van der Waals surface area contributed by atoms with E-state index in [4.69, 9.17) is 16.3 Å². The number of carbonyl (C=O) groups excluding carboxylic acids is 1. The van der Waals surface area contributed by atoms with Crippen molar-refractivity contribution in [1.29, 1.82) is 0 Å². The van der Waals surface area contributed by atoms with Gasteiger partial charge in [-0.3, -0.25) is 4.79 Å². The Morgan fingerprint density at radius 3 is 2.58 bits per heavy atom. The molecule has 1 aliphatic carbocycles. The van der Waals surface area contributed by atoms with Gasteiger partial charge in [0.2, 0.25) is 0 Å². The molecule has 0 saturated heterocycles. The lowest BCUT2D eigenvalue weighted by Gasteiger charge is -2.34. The van der Waals surface area contributed by atoms with Crippen molar-refractivity contribution in [2.75, 3.05) is 7.11 Å². The van der Waals surface area contributed by atoms with Crippen LogP contribution >= 0.6 is 11.6 Å². The van der Waals surface area contributed by atoms with Gasteiger partial charge in [0, 0.05) is 18.6 Å². The van der Waals surface area contributed by atoms with Crippen molar-refractivity contribution in [2.45, 2.75) is 51.0 Å². The summed E-state index contributed by atoms with van der Waals surface area (Å²) < 4.78 is 5.58. The van der Waals surface area contributed by atoms with Gasteiger partial charge in [0.15, 0.2) is 5.78 Å². The zero-order valence-electron chi connectivity index (χ0n) is 11.7. The van der Waals surface area contributed by atoms with Crippen molar-refractivity contribution in [3.05, 3.63) is 34.3 Å². The minimum Gasteiger partial charge on any atom is -0.370 e. The molecule has 0 amide bonds. The first-order valence-electron chi connectivity index (χ1n) is 6.91. The number of benzene rings is 1. The molecule has 1 aliphatic rings. The van der Waals surface area contributed by atoms with E-state index in [0.717, 1.165) is 36.8 Å². The Balaban J connectivity index is 2.15. The molecule has 0 atom stereocenters. The summed E-state index contributed by atoms with van der Waals surface area (Å²) in [6.07, 6.45) is 5.39. The maximum atomic E-state index is 12.6. The van der Waals surface area contributed by atoms with Crippen LogP contribution < -0.4 is 0 Å². The molecule has 0 aliphatic heterocycles. The van der Waals surface area contributed by atoms with E-state index in [1.165, 1.54) is 6.42 Å². The number of Topliss-reactive ketones (excluding diaryl/α,β-unsaturated/α-hetero) is 1. The van der Waals surface area contributed by atoms with Gasteiger partial charge in [-0.25, -0.2) is 0 Å². The molecule has 0 unspecified atom stereocenters. The molecular formula is C16H21ClO2. The fourth-order valence-electron chi connectivity index (χ4n) is 2.85. The quantitative estimate of drug-likeness (QED) is 0.830. The van der Waals surface area contributed by atoms with E-state index >= 15 is 0 Å². The van der Waals surface area contributed by atoms with Crippen molar-refractivity contribution < 1.29 is 9.53 Å². The smallest absolute Gasteiger partial charge is 0.169 e. The molecule has 2 nitrogen and oxygen atoms in total. The summed E-state index contributed by atoms with van der Waals surface area (Å²) in [4.78, 5) is 12.6. The van der Waals surface area contributed by atoms with E-state index in [0.29, 0.717) is 11.4 Å². The normalized spacial score (nSPS) is 18.3. The Kier molecular flexibility index (Phi) is 4.64. The number of ether oxygens (including phenoxy) is 1. The highest BCUT2D eigenvalue weighted by atomic mass is 35.5. The maximum Gasteiger partial charge on any atom is 0.169 e. The second kappa shape index (κ2) is 6.06. The summed E-state index contributed by atoms with van der Waals surface area (Å²) in [6, 6.07) is 5.85. The molecule has 0 heterocycles. The average Bonchev–Trinajstić information content (AvgIpc) is 2.42. The fourth-order valence-corrected chi connectivity index (χ4v) is 3.15. The zero-order chi connectivity index (χ0) is 13.9. The summed E-state index contributed by atoms with van der Waals surface area (Å²) in [6.45, 7) is 2.00. The van der Waals surface area contributed by atoms with Crippen LogP contribution in [0.15, 0.2) is 18.2 Å². The first-order chi connectivity index (χ1) is 9.07. The Hall–Kier alpha value is -0.860. The van der Waals surface area contributed by atoms with Gasteiger partial charge in [0.1, 0.15) is 5.60 Å². The first kappa shape index (κ1) is 14.5. The molecule has 1 aromatic carbocycles. The van der Waals surface area contributed by atoms with E-state index in [1.807, 2.05) is 25.1 Å². The Bertz CT molecular complexity index is 462. The lowest BCUT2D eigenvalue weighted by Crippen LogP contribution is -2.43. The van der Waals surface area contributed by atoms with Gasteiger partial charge < -0.3 is 4.74 Å². The zero-order valence-corrected chi connectivity index (χ0v) is 12.4. The Labute approximate surface area is 120 Å². The van der Waals surface area contributed by atoms with Gasteiger partial charge in [0.05, 0.1) is 0 Å². The van der Waals surface area contributed by atoms with Crippen LogP contribution in [0.2, 0.25) is 5.02 Å². The summed E-state index contributed by atoms with van der Waals surface area (Å²) >= 11 is 6.21. The first-order valence-corrected chi connectivity index (χ1v) is 7.29. The van der Waals surface area contributed by atoms with Crippen molar-refractivity contribution in [3.8, 4) is 0 Å². The van der Waals surface area contributed by atoms with Crippen LogP contribution in [0.4, 0.5) is 0 Å². The van der Waals surface area contributed by atoms with E-state index in [-0.39, 0.29) is 5.78 Å². The molecule has 0 N–H and O–H groups in total. The number of hydrogen-bond donors (Lipinski definition) is 0. The summed E-state index contributed by atoms with van der Waals surface area (Å²) in [5, 5.41) is 0.676. The molecule has 3 heteroatoms. The number of carbonyl (C=O) groups is 1. The van der Waals surface area contributed by atoms with Crippen LogP contribution in [0.1, 0.15) is 43.2 Å². The van der Waals surface area contributed by atoms with Crippen molar-refractivity contribution >= 4 is 17.4 Å². The fraction of sp³-hybridized carbons (Fsp3) is 0.562. The predicted octanol–water partition coefficient (Wildman–Crippen LogP) is 4.11. The monoisotopic (exact) mass is 280 g/mol. The lowest BCUT2D eigenvalue weighted by molar-refractivity contribution is -0.144. The number of methoxy groups -OCH3 is 1. The predicted molar refractivity (Wildman–Crippen MR) is 77.7 cm³/mol. The largest absolute Gasteiger partial charge is 0.370 e. The number of halogens is 1. The van der Waals surface area contributed by atoms with Crippen LogP contribution in [-0.2, 0) is 16.0 Å². The number of rotatable bonds is 4. The highest BCUT2D eigenvalue weighted by molar-refractivity contribution is 6.31. The summed E-state index contributed by atoms with van der Waals surface area (Å²) in [5.41, 5.74) is 1.44. The topological polar surface area (TPSA) is 26.3 Å². The van der Waals surface area contributed by atoms with Gasteiger partial charge >= 0.3 is 0 Å². The van der Waals surface area contributed by atoms with Crippen molar-refractivity contribution in [1.82, 2.24) is 0 Å². The number of ketones is 1. The Morgan fingerprint density at radius 1 is 1.32 bits per heavy atom. The average molecular weight is 281 g/mol. The maximum absolute atomic E-state index is 12.6. The van der Waals surface area contributed by atoms with Crippen molar-refractivity contribution in [3.63, 3.8) is 0 Å². The highest BCUT2D eigenvalue weighted by Gasteiger charge is 2.39. The second-order valence-electron chi connectivity index (χ2n) is 5.45. The van der Waals surface area contributed by atoms with Gasteiger partial charge in [0.25, 0.3) is 0 Å². The minimum absolute atomic E-state index is 0.167. The minimum atomic E-state index is -0.577. The van der Waals surface area contributed by atoms with E-state index in [2.05, 4.69) is 0 Å². The summed E-state index contributed by atoms with van der Waals surface area (Å²) in [5.74, 6) is 0.167. The van der Waals surface area contributed by atoms with Crippen LogP contribution in [0.3, 0.4) is 0 Å². The van der Waals surface area contributed by atoms with Crippen molar-refractivity contribution in [2.24, 2.45) is 0 Å². The van der Waals surface area contributed by atoms with Gasteiger partial charge in [-0.2, -0.15) is 0 Å². The molecule has 0 aromatic heterocycles. The van der Waals surface area contributed by atoms with Crippen LogP contribution in [-0.4, -0.2) is 18.5 Å². The van der Waals surface area contributed by atoms with E-state index in [9.17, 15) is 4.79 Å². The third-order valence-electron chi connectivity index (χ3n) is 4.12. The van der Waals surface area contributed by atoms with Gasteiger partial charge in [-0.15, -0.1) is 0 Å². The standard InChI is InChI=1S/C16H21ClO2/c1-12-6-7-13(14(17)10-12)11-15(18)16(19-2)8-4-3-5-9-16/h6-7,10H,3-5,8-9,11H2,1-2H3. The molecule has 0 bridgehead atoms. The third-order valence-corrected chi connectivity index (χ3v) is 4.47. The molecule has 1 aromatic rings. The summed E-state index contributed by atoms with van der Waals surface area (Å²) in [7, 11) is 1.65. The number of hydrogen-bond acceptors (Lipinski definition) is 2. The van der Waals surface area contributed by atoms with Gasteiger partial charge in [-0.1, -0.05) is 43.0 Å². The third kappa shape index (κ3) is 3.18. The molecule has 104 valence electrons.